The van der Waals surface area contributed by atoms with Crippen molar-refractivity contribution in [3.05, 3.63) is 53.7 Å². The molecule has 38 heavy (non-hydrogen) atoms. The molecule has 0 bridgehead atoms. The van der Waals surface area contributed by atoms with Gasteiger partial charge in [0, 0.05) is 24.8 Å². The van der Waals surface area contributed by atoms with Crippen LogP contribution in [-0.2, 0) is 16.6 Å². The number of rotatable bonds is 6. The first kappa shape index (κ1) is 24.5. The van der Waals surface area contributed by atoms with E-state index in [9.17, 15) is 8.42 Å². The van der Waals surface area contributed by atoms with Crippen molar-refractivity contribution in [2.75, 3.05) is 25.1 Å². The van der Waals surface area contributed by atoms with Crippen LogP contribution in [0.25, 0.3) is 33.1 Å². The number of nitrogens with two attached hydrogens (primary N) is 1. The van der Waals surface area contributed by atoms with E-state index < -0.39 is 10.0 Å². The molecule has 1 aromatic carbocycles. The van der Waals surface area contributed by atoms with Gasteiger partial charge >= 0.3 is 0 Å². The monoisotopic (exact) mass is 553 g/mol. The smallest absolute Gasteiger partial charge is 0.223 e. The summed E-state index contributed by atoms with van der Waals surface area (Å²) in [5.41, 5.74) is 8.83. The lowest BCUT2D eigenvalue weighted by atomic mass is 10.1. The summed E-state index contributed by atoms with van der Waals surface area (Å²) in [5.74, 6) is 0.724. The van der Waals surface area contributed by atoms with E-state index in [1.807, 2.05) is 18.2 Å². The minimum atomic E-state index is -3.23. The normalized spacial score (nSPS) is 15.4. The van der Waals surface area contributed by atoms with Crippen molar-refractivity contribution in [3.8, 4) is 17.1 Å². The van der Waals surface area contributed by atoms with Crippen molar-refractivity contribution in [1.29, 1.82) is 0 Å². The van der Waals surface area contributed by atoms with Gasteiger partial charge in [0.2, 0.25) is 15.9 Å². The number of benzene rings is 1. The highest BCUT2D eigenvalue weighted by atomic mass is 35.5. The number of H-pyrrole nitrogens is 1. The Hall–Kier alpha value is -3.81. The number of piperidine rings is 1. The lowest BCUT2D eigenvalue weighted by Crippen LogP contribution is -2.41. The minimum absolute atomic E-state index is 0.194. The van der Waals surface area contributed by atoms with Gasteiger partial charge < -0.3 is 10.5 Å². The van der Waals surface area contributed by atoms with Gasteiger partial charge in [0.05, 0.1) is 40.5 Å². The first-order valence-electron chi connectivity index (χ1n) is 11.9. The van der Waals surface area contributed by atoms with Gasteiger partial charge in [-0.1, -0.05) is 23.7 Å². The van der Waals surface area contributed by atoms with Crippen molar-refractivity contribution in [1.82, 2.24) is 39.2 Å². The van der Waals surface area contributed by atoms with Crippen LogP contribution < -0.4 is 10.5 Å². The third kappa shape index (κ3) is 4.52. The average molecular weight is 554 g/mol. The number of nitrogens with zero attached hydrogens (tertiary/aromatic N) is 7. The molecule has 12 nitrogen and oxygen atoms in total. The molecule has 5 heterocycles. The number of fused-ring (bicyclic) bond motifs is 2. The first-order chi connectivity index (χ1) is 18.3. The molecule has 0 unspecified atom stereocenters. The van der Waals surface area contributed by atoms with Gasteiger partial charge in [0.15, 0.2) is 5.65 Å². The largest absolute Gasteiger partial charge is 0.474 e. The fraction of sp³-hybridized carbons (Fsp3) is 0.292. The lowest BCUT2D eigenvalue weighted by Gasteiger charge is -2.30. The van der Waals surface area contributed by atoms with Crippen LogP contribution in [0.15, 0.2) is 43.0 Å². The molecule has 5 aromatic rings. The standard InChI is InChI=1S/C24H24ClN9O3S/c1-38(35,36)33-7-5-17(6-8-33)37-24-19-14(3-2-4-18(19)25)9-16(31-24)12-34-23-20(22(26)27-13-28-23)21(32-34)15-10-29-30-11-15/h2-4,9-11,13,17H,5-8,12H2,1H3,(H,29,30)(H2,26,27,28). The van der Waals surface area contributed by atoms with E-state index in [0.717, 1.165) is 10.9 Å². The second kappa shape index (κ2) is 9.49. The van der Waals surface area contributed by atoms with E-state index in [1.54, 1.807) is 23.1 Å². The molecule has 1 fully saturated rings. The molecular weight excluding hydrogens is 530 g/mol. The fourth-order valence-corrected chi connectivity index (χ4v) is 5.90. The molecule has 1 aliphatic heterocycles. The molecule has 196 valence electrons. The summed E-state index contributed by atoms with van der Waals surface area (Å²) in [6.45, 7) is 1.08. The van der Waals surface area contributed by atoms with Crippen LogP contribution in [0.1, 0.15) is 18.5 Å². The second-order valence-corrected chi connectivity index (χ2v) is 11.6. The van der Waals surface area contributed by atoms with Gasteiger partial charge in [-0.2, -0.15) is 10.2 Å². The van der Waals surface area contributed by atoms with Crippen LogP contribution in [0.3, 0.4) is 0 Å². The Balaban J connectivity index is 1.37. The molecule has 0 aliphatic carbocycles. The van der Waals surface area contributed by atoms with Crippen molar-refractivity contribution in [2.45, 2.75) is 25.5 Å². The molecule has 0 saturated carbocycles. The Morgan fingerprint density at radius 3 is 2.76 bits per heavy atom. The van der Waals surface area contributed by atoms with E-state index in [1.165, 1.54) is 16.9 Å². The molecule has 0 spiro atoms. The molecule has 3 N–H and O–H groups in total. The van der Waals surface area contributed by atoms with Crippen LogP contribution in [0.2, 0.25) is 5.02 Å². The van der Waals surface area contributed by atoms with Crippen molar-refractivity contribution < 1.29 is 13.2 Å². The van der Waals surface area contributed by atoms with Gasteiger partial charge in [-0.05, 0) is 30.4 Å². The second-order valence-electron chi connectivity index (χ2n) is 9.19. The Morgan fingerprint density at radius 2 is 2.03 bits per heavy atom. The zero-order valence-electron chi connectivity index (χ0n) is 20.4. The van der Waals surface area contributed by atoms with Gasteiger partial charge in [0.1, 0.15) is 23.9 Å². The molecule has 1 saturated heterocycles. The number of aromatic nitrogens is 7. The highest BCUT2D eigenvalue weighted by Crippen LogP contribution is 2.34. The number of aromatic amines is 1. The third-order valence-corrected chi connectivity index (χ3v) is 8.24. The Labute approximate surface area is 222 Å². The van der Waals surface area contributed by atoms with Crippen LogP contribution in [0.5, 0.6) is 5.88 Å². The van der Waals surface area contributed by atoms with E-state index in [2.05, 4.69) is 20.2 Å². The van der Waals surface area contributed by atoms with Crippen LogP contribution >= 0.6 is 11.6 Å². The number of anilines is 1. The predicted molar refractivity (Wildman–Crippen MR) is 143 cm³/mol. The summed E-state index contributed by atoms with van der Waals surface area (Å²) in [6, 6.07) is 7.55. The van der Waals surface area contributed by atoms with E-state index >= 15 is 0 Å². The molecule has 6 rings (SSSR count). The molecule has 0 radical (unpaired) electrons. The Bertz CT molecular complexity index is 1750. The van der Waals surface area contributed by atoms with Gasteiger partial charge in [0.25, 0.3) is 0 Å². The van der Waals surface area contributed by atoms with Gasteiger partial charge in [-0.3, -0.25) is 5.10 Å². The zero-order chi connectivity index (χ0) is 26.4. The molecule has 4 aromatic heterocycles. The lowest BCUT2D eigenvalue weighted by molar-refractivity contribution is 0.132. The first-order valence-corrected chi connectivity index (χ1v) is 14.2. The number of sulfonamides is 1. The average Bonchev–Trinajstić information content (AvgIpc) is 3.53. The summed E-state index contributed by atoms with van der Waals surface area (Å²) < 4.78 is 33.4. The minimum Gasteiger partial charge on any atom is -0.474 e. The van der Waals surface area contributed by atoms with E-state index in [4.69, 9.17) is 32.2 Å². The number of halogens is 1. The van der Waals surface area contributed by atoms with Crippen LogP contribution in [-0.4, -0.2) is 73.1 Å². The molecule has 0 amide bonds. The summed E-state index contributed by atoms with van der Waals surface area (Å²) in [6.07, 6.45) is 6.94. The van der Waals surface area contributed by atoms with Crippen LogP contribution in [0, 0.1) is 0 Å². The SMILES string of the molecule is CS(=O)(=O)N1CCC(Oc2nc(Cn3nc(-c4cn[nH]c4)c4c(N)ncnc43)cc3cccc(Cl)c23)CC1. The maximum absolute atomic E-state index is 11.9. The Morgan fingerprint density at radius 1 is 1.21 bits per heavy atom. The molecule has 14 heteroatoms. The van der Waals surface area contributed by atoms with Crippen molar-refractivity contribution in [3.63, 3.8) is 0 Å². The third-order valence-electron chi connectivity index (χ3n) is 6.62. The summed E-state index contributed by atoms with van der Waals surface area (Å²) in [4.78, 5) is 13.4. The number of pyridine rings is 1. The molecule has 1 aliphatic rings. The van der Waals surface area contributed by atoms with Gasteiger partial charge in [-0.15, -0.1) is 0 Å². The summed E-state index contributed by atoms with van der Waals surface area (Å²) >= 11 is 6.57. The number of nitrogen functional groups attached to an aromatic ring is 1. The predicted octanol–water partition coefficient (Wildman–Crippen LogP) is 2.85. The molecule has 0 atom stereocenters. The Kier molecular flexibility index (Phi) is 6.13. The van der Waals surface area contributed by atoms with Crippen LogP contribution in [0.4, 0.5) is 5.82 Å². The van der Waals surface area contributed by atoms with Gasteiger partial charge in [-0.25, -0.2) is 32.4 Å². The quantitative estimate of drug-likeness (QED) is 0.322. The maximum Gasteiger partial charge on any atom is 0.223 e. The number of hydrogen-bond donors (Lipinski definition) is 2. The highest BCUT2D eigenvalue weighted by molar-refractivity contribution is 7.88. The number of hydrogen-bond acceptors (Lipinski definition) is 9. The zero-order valence-corrected chi connectivity index (χ0v) is 21.9. The van der Waals surface area contributed by atoms with E-state index in [-0.39, 0.29) is 12.6 Å². The topological polar surface area (TPSA) is 158 Å². The summed E-state index contributed by atoms with van der Waals surface area (Å²) in [5, 5.41) is 14.3. The molecular formula is C24H24ClN9O3S. The number of ether oxygens (including phenoxy) is 1. The fourth-order valence-electron chi connectivity index (χ4n) is 4.77. The maximum atomic E-state index is 11.9. The summed E-state index contributed by atoms with van der Waals surface area (Å²) in [7, 11) is -3.23. The van der Waals surface area contributed by atoms with Crippen molar-refractivity contribution >= 4 is 49.2 Å². The number of nitrogens with one attached hydrogen (secondary N) is 1. The highest BCUT2D eigenvalue weighted by Gasteiger charge is 2.27. The van der Waals surface area contributed by atoms with E-state index in [0.29, 0.717) is 70.5 Å². The van der Waals surface area contributed by atoms with Crippen molar-refractivity contribution in [2.24, 2.45) is 0 Å².